The summed E-state index contributed by atoms with van der Waals surface area (Å²) >= 11 is 1.88. The summed E-state index contributed by atoms with van der Waals surface area (Å²) in [6.45, 7) is 8.50. The Morgan fingerprint density at radius 3 is 2.47 bits per heavy atom. The fraction of sp³-hybridized carbons (Fsp3) is 0.714. The molecular formula is C14H23NOS. The SMILES string of the molecule is CC(C)(C)c1ccc(C(N)C2CCOCC2)s1. The summed E-state index contributed by atoms with van der Waals surface area (Å²) in [7, 11) is 0. The third kappa shape index (κ3) is 3.09. The molecule has 1 unspecified atom stereocenters. The molecule has 0 radical (unpaired) electrons. The largest absolute Gasteiger partial charge is 0.381 e. The van der Waals surface area contributed by atoms with E-state index in [1.807, 2.05) is 11.3 Å². The Kier molecular flexibility index (Phi) is 3.91. The van der Waals surface area contributed by atoms with Crippen molar-refractivity contribution >= 4 is 11.3 Å². The van der Waals surface area contributed by atoms with Crippen molar-refractivity contribution in [2.45, 2.75) is 45.1 Å². The van der Waals surface area contributed by atoms with Crippen molar-refractivity contribution < 1.29 is 4.74 Å². The predicted molar refractivity (Wildman–Crippen MR) is 73.5 cm³/mol. The molecule has 0 amide bonds. The molecule has 0 saturated carbocycles. The van der Waals surface area contributed by atoms with Crippen LogP contribution >= 0.6 is 11.3 Å². The van der Waals surface area contributed by atoms with Crippen molar-refractivity contribution in [2.24, 2.45) is 11.7 Å². The summed E-state index contributed by atoms with van der Waals surface area (Å²) in [5, 5.41) is 0. The van der Waals surface area contributed by atoms with Gasteiger partial charge in [0.05, 0.1) is 0 Å². The standard InChI is InChI=1S/C14H23NOS/c1-14(2,3)12-5-4-11(17-12)13(15)10-6-8-16-9-7-10/h4-5,10,13H,6-9,15H2,1-3H3. The van der Waals surface area contributed by atoms with Crippen LogP contribution in [0, 0.1) is 5.92 Å². The minimum absolute atomic E-state index is 0.194. The Morgan fingerprint density at radius 1 is 1.29 bits per heavy atom. The summed E-state index contributed by atoms with van der Waals surface area (Å²) < 4.78 is 5.39. The van der Waals surface area contributed by atoms with Crippen molar-refractivity contribution in [2.75, 3.05) is 13.2 Å². The minimum atomic E-state index is 0.194. The van der Waals surface area contributed by atoms with E-state index in [-0.39, 0.29) is 11.5 Å². The Labute approximate surface area is 108 Å². The molecule has 0 aliphatic carbocycles. The lowest BCUT2D eigenvalue weighted by molar-refractivity contribution is 0.0587. The number of hydrogen-bond donors (Lipinski definition) is 1. The lowest BCUT2D eigenvalue weighted by atomic mass is 9.91. The molecule has 1 aromatic heterocycles. The molecule has 0 bridgehead atoms. The molecule has 1 fully saturated rings. The molecule has 1 aliphatic heterocycles. The number of thiophene rings is 1. The van der Waals surface area contributed by atoms with Gasteiger partial charge in [-0.1, -0.05) is 20.8 Å². The van der Waals surface area contributed by atoms with E-state index in [0.29, 0.717) is 5.92 Å². The Balaban J connectivity index is 2.08. The molecule has 1 aromatic rings. The summed E-state index contributed by atoms with van der Waals surface area (Å²) in [5.74, 6) is 0.593. The Hall–Kier alpha value is -0.380. The van der Waals surface area contributed by atoms with Gasteiger partial charge in [0.25, 0.3) is 0 Å². The topological polar surface area (TPSA) is 35.2 Å². The zero-order valence-corrected chi connectivity index (χ0v) is 11.8. The number of rotatable bonds is 2. The lowest BCUT2D eigenvalue weighted by Crippen LogP contribution is -2.26. The highest BCUT2D eigenvalue weighted by atomic mass is 32.1. The highest BCUT2D eigenvalue weighted by Gasteiger charge is 2.25. The molecular weight excluding hydrogens is 230 g/mol. The van der Waals surface area contributed by atoms with Crippen molar-refractivity contribution in [1.82, 2.24) is 0 Å². The Bertz CT molecular complexity index is 361. The molecule has 96 valence electrons. The zero-order chi connectivity index (χ0) is 12.5. The highest BCUT2D eigenvalue weighted by Crippen LogP contribution is 2.36. The third-order valence-electron chi connectivity index (χ3n) is 3.47. The summed E-state index contributed by atoms with van der Waals surface area (Å²) in [6, 6.07) is 4.64. The van der Waals surface area contributed by atoms with Crippen molar-refractivity contribution in [1.29, 1.82) is 0 Å². The molecule has 3 heteroatoms. The maximum absolute atomic E-state index is 6.38. The molecule has 0 aromatic carbocycles. The first-order chi connectivity index (χ1) is 7.98. The Morgan fingerprint density at radius 2 is 1.94 bits per heavy atom. The van der Waals surface area contributed by atoms with E-state index in [4.69, 9.17) is 10.5 Å². The van der Waals surface area contributed by atoms with Gasteiger partial charge in [-0.25, -0.2) is 0 Å². The van der Waals surface area contributed by atoms with Crippen molar-refractivity contribution in [3.05, 3.63) is 21.9 Å². The van der Waals surface area contributed by atoms with Gasteiger partial charge < -0.3 is 10.5 Å². The van der Waals surface area contributed by atoms with E-state index in [1.165, 1.54) is 9.75 Å². The number of ether oxygens (including phenoxy) is 1. The van der Waals surface area contributed by atoms with Crippen LogP contribution < -0.4 is 5.73 Å². The van der Waals surface area contributed by atoms with E-state index in [9.17, 15) is 0 Å². The van der Waals surface area contributed by atoms with Crippen LogP contribution in [0.5, 0.6) is 0 Å². The quantitative estimate of drug-likeness (QED) is 0.876. The van der Waals surface area contributed by atoms with Crippen LogP contribution in [-0.4, -0.2) is 13.2 Å². The minimum Gasteiger partial charge on any atom is -0.381 e. The van der Waals surface area contributed by atoms with Crippen LogP contribution in [0.25, 0.3) is 0 Å². The van der Waals surface area contributed by atoms with Crippen molar-refractivity contribution in [3.8, 4) is 0 Å². The summed E-state index contributed by atoms with van der Waals surface area (Å²) in [6.07, 6.45) is 2.20. The molecule has 1 atom stereocenters. The first kappa shape index (κ1) is 13.1. The fourth-order valence-electron chi connectivity index (χ4n) is 2.24. The van der Waals surface area contributed by atoms with Gasteiger partial charge in [-0.05, 0) is 36.3 Å². The van der Waals surface area contributed by atoms with Gasteiger partial charge >= 0.3 is 0 Å². The normalized spacial score (nSPS) is 20.5. The monoisotopic (exact) mass is 253 g/mol. The second-order valence-electron chi connectivity index (χ2n) is 5.93. The van der Waals surface area contributed by atoms with Gasteiger partial charge in [0.15, 0.2) is 0 Å². The second kappa shape index (κ2) is 5.09. The van der Waals surface area contributed by atoms with Crippen LogP contribution in [0.15, 0.2) is 12.1 Å². The fourth-order valence-corrected chi connectivity index (χ4v) is 3.40. The molecule has 2 rings (SSSR count). The number of nitrogens with two attached hydrogens (primary N) is 1. The maximum atomic E-state index is 6.38. The second-order valence-corrected chi connectivity index (χ2v) is 7.04. The summed E-state index contributed by atoms with van der Waals surface area (Å²) in [5.41, 5.74) is 6.62. The van der Waals surface area contributed by atoms with Gasteiger partial charge in [-0.3, -0.25) is 0 Å². The molecule has 2 nitrogen and oxygen atoms in total. The van der Waals surface area contributed by atoms with Gasteiger partial charge in [-0.15, -0.1) is 11.3 Å². The smallest absolute Gasteiger partial charge is 0.0469 e. The molecule has 2 heterocycles. The van der Waals surface area contributed by atoms with Gasteiger partial charge in [0.1, 0.15) is 0 Å². The molecule has 17 heavy (non-hydrogen) atoms. The lowest BCUT2D eigenvalue weighted by Gasteiger charge is -2.27. The zero-order valence-electron chi connectivity index (χ0n) is 11.0. The van der Waals surface area contributed by atoms with E-state index < -0.39 is 0 Å². The maximum Gasteiger partial charge on any atom is 0.0469 e. The van der Waals surface area contributed by atoms with E-state index >= 15 is 0 Å². The average Bonchev–Trinajstić information content (AvgIpc) is 2.78. The summed E-state index contributed by atoms with van der Waals surface area (Å²) in [4.78, 5) is 2.76. The van der Waals surface area contributed by atoms with Crippen LogP contribution in [0.4, 0.5) is 0 Å². The third-order valence-corrected chi connectivity index (χ3v) is 5.08. The van der Waals surface area contributed by atoms with Crippen LogP contribution in [0.2, 0.25) is 0 Å². The number of hydrogen-bond acceptors (Lipinski definition) is 3. The molecule has 2 N–H and O–H groups in total. The van der Waals surface area contributed by atoms with Crippen molar-refractivity contribution in [3.63, 3.8) is 0 Å². The van der Waals surface area contributed by atoms with Gasteiger partial charge in [0, 0.05) is 29.0 Å². The molecule has 1 aliphatic rings. The van der Waals surface area contributed by atoms with E-state index in [2.05, 4.69) is 32.9 Å². The molecule has 1 saturated heterocycles. The average molecular weight is 253 g/mol. The first-order valence-corrected chi connectivity index (χ1v) is 7.23. The highest BCUT2D eigenvalue weighted by molar-refractivity contribution is 7.12. The van der Waals surface area contributed by atoms with Crippen LogP contribution in [0.1, 0.15) is 49.4 Å². The van der Waals surface area contributed by atoms with Gasteiger partial charge in [0.2, 0.25) is 0 Å². The molecule has 0 spiro atoms. The predicted octanol–water partition coefficient (Wildman–Crippen LogP) is 3.47. The van der Waals surface area contributed by atoms with Crippen LogP contribution in [-0.2, 0) is 10.2 Å². The van der Waals surface area contributed by atoms with Gasteiger partial charge in [-0.2, -0.15) is 0 Å². The van der Waals surface area contributed by atoms with E-state index in [0.717, 1.165) is 26.1 Å². The van der Waals surface area contributed by atoms with E-state index in [1.54, 1.807) is 0 Å². The van der Waals surface area contributed by atoms with Crippen LogP contribution in [0.3, 0.4) is 0 Å². The first-order valence-electron chi connectivity index (χ1n) is 6.42.